The molecule has 1 N–H and O–H groups in total. The van der Waals surface area contributed by atoms with Gasteiger partial charge in [-0.15, -0.1) is 0 Å². The summed E-state index contributed by atoms with van der Waals surface area (Å²) in [5.41, 5.74) is 0.295. The topological polar surface area (TPSA) is 40.5 Å². The number of hydrogen-bond acceptors (Lipinski definition) is 2. The van der Waals surface area contributed by atoms with Gasteiger partial charge in [0.1, 0.15) is 5.54 Å². The predicted molar refractivity (Wildman–Crippen MR) is 78.1 cm³/mol. The van der Waals surface area contributed by atoms with Crippen LogP contribution in [0.2, 0.25) is 0 Å². The summed E-state index contributed by atoms with van der Waals surface area (Å²) < 4.78 is 0. The van der Waals surface area contributed by atoms with Crippen LogP contribution in [-0.4, -0.2) is 28.6 Å². The maximum absolute atomic E-state index is 11.4. The third kappa shape index (κ3) is 3.80. The van der Waals surface area contributed by atoms with Gasteiger partial charge in [-0.05, 0) is 38.8 Å². The second-order valence-electron chi connectivity index (χ2n) is 6.03. The lowest BCUT2D eigenvalue weighted by Gasteiger charge is -2.39. The zero-order valence-electron chi connectivity index (χ0n) is 12.6. The zero-order chi connectivity index (χ0) is 14.6. The van der Waals surface area contributed by atoms with Gasteiger partial charge >= 0.3 is 5.97 Å². The fourth-order valence-corrected chi connectivity index (χ4v) is 2.18. The summed E-state index contributed by atoms with van der Waals surface area (Å²) in [6, 6.07) is 10.3. The quantitative estimate of drug-likeness (QED) is 0.853. The van der Waals surface area contributed by atoms with Crippen molar-refractivity contribution in [1.82, 2.24) is 4.90 Å². The van der Waals surface area contributed by atoms with Crippen LogP contribution in [0.3, 0.4) is 0 Å². The van der Waals surface area contributed by atoms with Crippen molar-refractivity contribution < 1.29 is 9.90 Å². The van der Waals surface area contributed by atoms with Crippen LogP contribution in [0.5, 0.6) is 0 Å². The first-order chi connectivity index (χ1) is 8.76. The number of carbonyl (C=O) groups is 1. The second-order valence-corrected chi connectivity index (χ2v) is 6.03. The molecule has 0 bridgehead atoms. The van der Waals surface area contributed by atoms with Gasteiger partial charge in [0.2, 0.25) is 0 Å². The summed E-state index contributed by atoms with van der Waals surface area (Å²) in [6.45, 7) is 7.84. The van der Waals surface area contributed by atoms with Crippen LogP contribution in [0.25, 0.3) is 0 Å². The molecule has 1 aromatic carbocycles. The Morgan fingerprint density at radius 1 is 1.26 bits per heavy atom. The van der Waals surface area contributed by atoms with E-state index in [4.69, 9.17) is 0 Å². The summed E-state index contributed by atoms with van der Waals surface area (Å²) in [5.74, 6) is -0.281. The van der Waals surface area contributed by atoms with Crippen molar-refractivity contribution in [2.75, 3.05) is 7.05 Å². The van der Waals surface area contributed by atoms with Crippen molar-refractivity contribution in [1.29, 1.82) is 0 Å². The van der Waals surface area contributed by atoms with E-state index in [0.29, 0.717) is 5.92 Å². The summed E-state index contributed by atoms with van der Waals surface area (Å²) in [4.78, 5) is 13.4. The third-order valence-corrected chi connectivity index (χ3v) is 3.75. The number of benzene rings is 1. The average molecular weight is 263 g/mol. The Morgan fingerprint density at radius 2 is 1.79 bits per heavy atom. The van der Waals surface area contributed by atoms with E-state index in [1.807, 2.05) is 30.1 Å². The minimum atomic E-state index is -0.880. The minimum absolute atomic E-state index is 0.118. The number of nitrogens with zero attached hydrogens (tertiary/aromatic N) is 1. The number of carboxylic acid groups (broad SMARTS) is 1. The lowest BCUT2D eigenvalue weighted by molar-refractivity contribution is -0.150. The van der Waals surface area contributed by atoms with E-state index < -0.39 is 11.5 Å². The summed E-state index contributed by atoms with van der Waals surface area (Å²) in [7, 11) is 1.90. The van der Waals surface area contributed by atoms with Crippen LogP contribution >= 0.6 is 0 Å². The van der Waals surface area contributed by atoms with E-state index in [-0.39, 0.29) is 6.04 Å². The Hall–Kier alpha value is -1.35. The molecular formula is C16H25NO2. The first kappa shape index (κ1) is 15.7. The molecule has 19 heavy (non-hydrogen) atoms. The molecule has 0 heterocycles. The highest BCUT2D eigenvalue weighted by molar-refractivity contribution is 5.77. The number of hydrogen-bond donors (Lipinski definition) is 1. The molecule has 1 rings (SSSR count). The molecule has 0 aromatic heterocycles. The fourth-order valence-electron chi connectivity index (χ4n) is 2.18. The van der Waals surface area contributed by atoms with Gasteiger partial charge in [0.15, 0.2) is 0 Å². The Morgan fingerprint density at radius 3 is 2.21 bits per heavy atom. The van der Waals surface area contributed by atoms with Gasteiger partial charge < -0.3 is 5.11 Å². The van der Waals surface area contributed by atoms with Crippen molar-refractivity contribution >= 4 is 5.97 Å². The van der Waals surface area contributed by atoms with Crippen molar-refractivity contribution in [3.8, 4) is 0 Å². The Bertz CT molecular complexity index is 412. The molecule has 0 saturated heterocycles. The van der Waals surface area contributed by atoms with E-state index in [1.54, 1.807) is 13.8 Å². The molecule has 3 heteroatoms. The van der Waals surface area contributed by atoms with E-state index in [2.05, 4.69) is 26.0 Å². The van der Waals surface area contributed by atoms with Gasteiger partial charge in [0.25, 0.3) is 0 Å². The van der Waals surface area contributed by atoms with Crippen LogP contribution in [0.4, 0.5) is 0 Å². The summed E-state index contributed by atoms with van der Waals surface area (Å²) in [5, 5.41) is 9.40. The minimum Gasteiger partial charge on any atom is -0.480 e. The highest BCUT2D eigenvalue weighted by Crippen LogP contribution is 2.32. The van der Waals surface area contributed by atoms with Crippen molar-refractivity contribution in [3.05, 3.63) is 35.9 Å². The molecule has 0 aliphatic rings. The van der Waals surface area contributed by atoms with Gasteiger partial charge in [0, 0.05) is 6.04 Å². The van der Waals surface area contributed by atoms with Gasteiger partial charge in [-0.3, -0.25) is 9.69 Å². The van der Waals surface area contributed by atoms with Gasteiger partial charge in [0.05, 0.1) is 0 Å². The summed E-state index contributed by atoms with van der Waals surface area (Å²) in [6.07, 6.45) is 0.942. The monoisotopic (exact) mass is 263 g/mol. The van der Waals surface area contributed by atoms with Crippen molar-refractivity contribution in [2.45, 2.75) is 45.7 Å². The Labute approximate surface area is 116 Å². The number of likely N-dealkylation sites (N-methyl/N-ethyl adjacent to an activating group) is 1. The van der Waals surface area contributed by atoms with E-state index >= 15 is 0 Å². The first-order valence-electron chi connectivity index (χ1n) is 6.78. The highest BCUT2D eigenvalue weighted by atomic mass is 16.4. The molecule has 0 aliphatic carbocycles. The molecule has 1 atom stereocenters. The molecule has 0 saturated carbocycles. The molecule has 1 unspecified atom stereocenters. The van der Waals surface area contributed by atoms with E-state index in [9.17, 15) is 9.90 Å². The molecule has 3 nitrogen and oxygen atoms in total. The van der Waals surface area contributed by atoms with Gasteiger partial charge in [-0.25, -0.2) is 0 Å². The molecule has 106 valence electrons. The van der Waals surface area contributed by atoms with E-state index in [0.717, 1.165) is 6.42 Å². The molecule has 0 amide bonds. The summed E-state index contributed by atoms with van der Waals surface area (Å²) >= 11 is 0. The fraction of sp³-hybridized carbons (Fsp3) is 0.562. The largest absolute Gasteiger partial charge is 0.480 e. The lowest BCUT2D eigenvalue weighted by atomic mass is 9.91. The maximum Gasteiger partial charge on any atom is 0.323 e. The molecule has 1 aromatic rings. The number of aliphatic carboxylic acids is 1. The first-order valence-corrected chi connectivity index (χ1v) is 6.78. The Kier molecular flexibility index (Phi) is 5.12. The molecule has 0 radical (unpaired) electrons. The second kappa shape index (κ2) is 6.20. The van der Waals surface area contributed by atoms with Gasteiger partial charge in [-0.1, -0.05) is 44.2 Å². The Balaban J connectivity index is 3.08. The molecule has 0 fully saturated rings. The van der Waals surface area contributed by atoms with Crippen LogP contribution in [0, 0.1) is 5.92 Å². The average Bonchev–Trinajstić information content (AvgIpc) is 2.35. The molecule has 0 aliphatic heterocycles. The van der Waals surface area contributed by atoms with Crippen LogP contribution in [-0.2, 0) is 4.79 Å². The third-order valence-electron chi connectivity index (χ3n) is 3.75. The van der Waals surface area contributed by atoms with Crippen molar-refractivity contribution in [3.63, 3.8) is 0 Å². The number of rotatable bonds is 6. The maximum atomic E-state index is 11.4. The standard InChI is InChI=1S/C16H25NO2/c1-12(2)11-14(13-9-7-6-8-10-13)17(5)16(3,4)15(18)19/h6-10,12,14H,11H2,1-5H3,(H,18,19). The van der Waals surface area contributed by atoms with Crippen LogP contribution in [0.1, 0.15) is 45.7 Å². The smallest absolute Gasteiger partial charge is 0.323 e. The lowest BCUT2D eigenvalue weighted by Crippen LogP contribution is -2.49. The van der Waals surface area contributed by atoms with Crippen LogP contribution < -0.4 is 0 Å². The molecule has 0 spiro atoms. The number of carboxylic acids is 1. The van der Waals surface area contributed by atoms with Gasteiger partial charge in [-0.2, -0.15) is 0 Å². The predicted octanol–water partition coefficient (Wildman–Crippen LogP) is 3.57. The van der Waals surface area contributed by atoms with E-state index in [1.165, 1.54) is 5.56 Å². The zero-order valence-corrected chi connectivity index (χ0v) is 12.6. The van der Waals surface area contributed by atoms with Crippen LogP contribution in [0.15, 0.2) is 30.3 Å². The highest BCUT2D eigenvalue weighted by Gasteiger charge is 2.36. The normalized spacial score (nSPS) is 13.8. The molecular weight excluding hydrogens is 238 g/mol. The van der Waals surface area contributed by atoms with Crippen molar-refractivity contribution in [2.24, 2.45) is 5.92 Å². The SMILES string of the molecule is CC(C)CC(c1ccccc1)N(C)C(C)(C)C(=O)O.